The summed E-state index contributed by atoms with van der Waals surface area (Å²) < 4.78 is 24.5. The van der Waals surface area contributed by atoms with Gasteiger partial charge in [-0.3, -0.25) is 0 Å². The Kier molecular flexibility index (Phi) is 2.26. The lowest BCUT2D eigenvalue weighted by molar-refractivity contribution is 0.150. The van der Waals surface area contributed by atoms with Crippen LogP contribution in [0.1, 0.15) is 31.3 Å². The number of nitrogens with zero attached hydrogens (tertiary/aromatic N) is 2. The van der Waals surface area contributed by atoms with E-state index in [1.807, 2.05) is 0 Å². The van der Waals surface area contributed by atoms with Crippen LogP contribution in [0.4, 0.5) is 14.7 Å². The van der Waals surface area contributed by atoms with Crippen LogP contribution >= 0.6 is 0 Å². The molecule has 3 nitrogen and oxygen atoms in total. The largest absolute Gasteiger partial charge is 0.351 e. The highest BCUT2D eigenvalue weighted by Gasteiger charge is 2.45. The molecule has 2 aliphatic carbocycles. The molecule has 1 aromatic rings. The quantitative estimate of drug-likeness (QED) is 0.859. The van der Waals surface area contributed by atoms with Crippen LogP contribution in [-0.4, -0.2) is 16.0 Å². The van der Waals surface area contributed by atoms with E-state index in [9.17, 15) is 8.78 Å². The molecular formula is C11H13F2N3. The van der Waals surface area contributed by atoms with Crippen LogP contribution in [0, 0.1) is 11.8 Å². The van der Waals surface area contributed by atoms with Gasteiger partial charge in [-0.1, -0.05) is 0 Å². The Labute approximate surface area is 92.3 Å². The fraction of sp³-hybridized carbons (Fsp3) is 0.636. The molecule has 2 saturated carbocycles. The maximum Gasteiger partial charge on any atom is 0.266 e. The second-order valence-electron chi connectivity index (χ2n) is 4.71. The number of aromatic nitrogens is 2. The minimum absolute atomic E-state index is 0.125. The predicted molar refractivity (Wildman–Crippen MR) is 55.2 cm³/mol. The van der Waals surface area contributed by atoms with E-state index >= 15 is 0 Å². The van der Waals surface area contributed by atoms with Gasteiger partial charge in [-0.2, -0.15) is 0 Å². The van der Waals surface area contributed by atoms with Crippen LogP contribution in [0.15, 0.2) is 12.4 Å². The topological polar surface area (TPSA) is 37.8 Å². The Balaban J connectivity index is 1.61. The molecule has 5 heteroatoms. The van der Waals surface area contributed by atoms with Gasteiger partial charge in [0.05, 0.1) is 5.56 Å². The van der Waals surface area contributed by atoms with Gasteiger partial charge in [-0.15, -0.1) is 0 Å². The SMILES string of the molecule is FC(F)c1cnc(NC2C[C@@H]3C[C@@H]3C2)nc1. The summed E-state index contributed by atoms with van der Waals surface area (Å²) >= 11 is 0. The Hall–Kier alpha value is -1.26. The van der Waals surface area contributed by atoms with Gasteiger partial charge in [0.2, 0.25) is 5.95 Å². The molecule has 2 fully saturated rings. The van der Waals surface area contributed by atoms with E-state index in [4.69, 9.17) is 0 Å². The number of nitrogens with one attached hydrogen (secondary N) is 1. The number of rotatable bonds is 3. The van der Waals surface area contributed by atoms with Crippen LogP contribution in [0.2, 0.25) is 0 Å². The molecule has 1 unspecified atom stereocenters. The van der Waals surface area contributed by atoms with Crippen molar-refractivity contribution in [3.8, 4) is 0 Å². The second-order valence-corrected chi connectivity index (χ2v) is 4.71. The van der Waals surface area contributed by atoms with E-state index < -0.39 is 6.43 Å². The average Bonchev–Trinajstić information content (AvgIpc) is 2.87. The minimum Gasteiger partial charge on any atom is -0.351 e. The molecule has 1 aromatic heterocycles. The maximum absolute atomic E-state index is 12.3. The molecule has 2 aliphatic rings. The summed E-state index contributed by atoms with van der Waals surface area (Å²) in [6, 6.07) is 0.432. The first-order chi connectivity index (χ1) is 7.72. The molecular weight excluding hydrogens is 212 g/mol. The molecule has 0 spiro atoms. The van der Waals surface area contributed by atoms with Crippen molar-refractivity contribution < 1.29 is 8.78 Å². The van der Waals surface area contributed by atoms with Crippen molar-refractivity contribution in [3.63, 3.8) is 0 Å². The summed E-state index contributed by atoms with van der Waals surface area (Å²) in [7, 11) is 0. The van der Waals surface area contributed by atoms with Crippen LogP contribution < -0.4 is 5.32 Å². The fourth-order valence-corrected chi connectivity index (χ4v) is 2.54. The van der Waals surface area contributed by atoms with Gasteiger partial charge in [0.15, 0.2) is 0 Å². The molecule has 3 rings (SSSR count). The van der Waals surface area contributed by atoms with Crippen molar-refractivity contribution in [1.82, 2.24) is 9.97 Å². The second kappa shape index (κ2) is 3.64. The van der Waals surface area contributed by atoms with Crippen LogP contribution in [0.3, 0.4) is 0 Å². The maximum atomic E-state index is 12.3. The Morgan fingerprint density at radius 1 is 1.12 bits per heavy atom. The van der Waals surface area contributed by atoms with Gasteiger partial charge >= 0.3 is 0 Å². The monoisotopic (exact) mass is 225 g/mol. The first kappa shape index (κ1) is 9.93. The summed E-state index contributed by atoms with van der Waals surface area (Å²) in [6.45, 7) is 0. The molecule has 16 heavy (non-hydrogen) atoms. The summed E-state index contributed by atoms with van der Waals surface area (Å²) in [5.41, 5.74) is -0.125. The van der Waals surface area contributed by atoms with Crippen molar-refractivity contribution in [2.45, 2.75) is 31.7 Å². The third-order valence-corrected chi connectivity index (χ3v) is 3.50. The number of fused-ring (bicyclic) bond motifs is 1. The number of anilines is 1. The standard InChI is InChI=1S/C11H13F2N3/c12-10(13)8-4-14-11(15-5-8)16-9-2-6-1-7(6)3-9/h4-7,9-10H,1-3H2,(H,14,15,16)/t6-,7+,9?. The molecule has 0 saturated heterocycles. The van der Waals surface area contributed by atoms with E-state index in [1.54, 1.807) is 0 Å². The highest BCUT2D eigenvalue weighted by molar-refractivity contribution is 5.28. The van der Waals surface area contributed by atoms with Crippen molar-refractivity contribution in [2.75, 3.05) is 5.32 Å². The molecule has 0 aromatic carbocycles. The molecule has 1 heterocycles. The third kappa shape index (κ3) is 1.86. The molecule has 0 bridgehead atoms. The third-order valence-electron chi connectivity index (χ3n) is 3.50. The normalized spacial score (nSPS) is 31.6. The van der Waals surface area contributed by atoms with Crippen molar-refractivity contribution >= 4 is 5.95 Å². The highest BCUT2D eigenvalue weighted by Crippen LogP contribution is 2.52. The van der Waals surface area contributed by atoms with Crippen LogP contribution in [0.25, 0.3) is 0 Å². The van der Waals surface area contributed by atoms with Gasteiger partial charge in [-0.25, -0.2) is 18.7 Å². The zero-order valence-electron chi connectivity index (χ0n) is 8.74. The first-order valence-electron chi connectivity index (χ1n) is 5.59. The lowest BCUT2D eigenvalue weighted by atomic mass is 10.2. The fourth-order valence-electron chi connectivity index (χ4n) is 2.54. The summed E-state index contributed by atoms with van der Waals surface area (Å²) in [5, 5.41) is 3.20. The summed E-state index contributed by atoms with van der Waals surface area (Å²) in [5.74, 6) is 2.24. The van der Waals surface area contributed by atoms with E-state index in [2.05, 4.69) is 15.3 Å². The Morgan fingerprint density at radius 3 is 2.31 bits per heavy atom. The van der Waals surface area contributed by atoms with E-state index in [-0.39, 0.29) is 5.56 Å². The van der Waals surface area contributed by atoms with Crippen molar-refractivity contribution in [3.05, 3.63) is 18.0 Å². The van der Waals surface area contributed by atoms with Gasteiger partial charge in [0.25, 0.3) is 6.43 Å². The summed E-state index contributed by atoms with van der Waals surface area (Å²) in [4.78, 5) is 7.80. The number of hydrogen-bond donors (Lipinski definition) is 1. The smallest absolute Gasteiger partial charge is 0.266 e. The molecule has 0 aliphatic heterocycles. The van der Waals surface area contributed by atoms with E-state index in [1.165, 1.54) is 31.7 Å². The van der Waals surface area contributed by atoms with Gasteiger partial charge in [0.1, 0.15) is 0 Å². The number of alkyl halides is 2. The first-order valence-corrected chi connectivity index (χ1v) is 5.59. The molecule has 86 valence electrons. The number of hydrogen-bond acceptors (Lipinski definition) is 3. The minimum atomic E-state index is -2.49. The predicted octanol–water partition coefficient (Wildman–Crippen LogP) is 2.62. The summed E-state index contributed by atoms with van der Waals surface area (Å²) in [6.07, 6.45) is 3.59. The van der Waals surface area contributed by atoms with Gasteiger partial charge in [-0.05, 0) is 31.1 Å². The van der Waals surface area contributed by atoms with Gasteiger partial charge < -0.3 is 5.32 Å². The Bertz CT molecular complexity index is 369. The number of halogens is 2. The van der Waals surface area contributed by atoms with E-state index in [0.717, 1.165) is 11.8 Å². The average molecular weight is 225 g/mol. The zero-order valence-corrected chi connectivity index (χ0v) is 8.74. The van der Waals surface area contributed by atoms with Crippen LogP contribution in [-0.2, 0) is 0 Å². The lowest BCUT2D eigenvalue weighted by Crippen LogP contribution is -2.18. The Morgan fingerprint density at radius 2 is 1.75 bits per heavy atom. The molecule has 0 amide bonds. The molecule has 1 N–H and O–H groups in total. The van der Waals surface area contributed by atoms with Crippen LogP contribution in [0.5, 0.6) is 0 Å². The van der Waals surface area contributed by atoms with Gasteiger partial charge in [0, 0.05) is 18.4 Å². The van der Waals surface area contributed by atoms with E-state index in [0.29, 0.717) is 12.0 Å². The molecule has 3 atom stereocenters. The molecule has 0 radical (unpaired) electrons. The van der Waals surface area contributed by atoms with Crippen molar-refractivity contribution in [2.24, 2.45) is 11.8 Å². The highest BCUT2D eigenvalue weighted by atomic mass is 19.3. The van der Waals surface area contributed by atoms with Crippen molar-refractivity contribution in [1.29, 1.82) is 0 Å². The lowest BCUT2D eigenvalue weighted by Gasteiger charge is -2.13. The zero-order chi connectivity index (χ0) is 11.1.